The van der Waals surface area contributed by atoms with E-state index < -0.39 is 0 Å². The van der Waals surface area contributed by atoms with Crippen LogP contribution in [-0.4, -0.2) is 26.4 Å². The minimum Gasteiger partial charge on any atom is -1.00 e. The van der Waals surface area contributed by atoms with E-state index in [2.05, 4.69) is 14.1 Å². The predicted octanol–water partition coefficient (Wildman–Crippen LogP) is -1.55. The summed E-state index contributed by atoms with van der Waals surface area (Å²) in [5.74, 6) is 0.260. The summed E-state index contributed by atoms with van der Waals surface area (Å²) in [6, 6.07) is 7.84. The van der Waals surface area contributed by atoms with Gasteiger partial charge >= 0.3 is 0 Å². The van der Waals surface area contributed by atoms with E-state index in [1.54, 1.807) is 0 Å². The second-order valence-corrected chi connectivity index (χ2v) is 3.78. The normalized spacial score (nSPS) is 17.8. The minimum absolute atomic E-state index is 0. The maximum absolute atomic E-state index is 11.5. The molecule has 0 saturated heterocycles. The highest BCUT2D eigenvalue weighted by Crippen LogP contribution is 2.30. The zero-order valence-corrected chi connectivity index (χ0v) is 9.34. The number of Topliss-reactive ketones (excluding diaryl/α,β-unsaturated/α-hetero) is 1. The zero-order chi connectivity index (χ0) is 8.77. The van der Waals surface area contributed by atoms with Crippen LogP contribution in [0.15, 0.2) is 24.3 Å². The molecule has 0 aliphatic carbocycles. The Morgan fingerprint density at radius 1 is 1.23 bits per heavy atom. The van der Waals surface area contributed by atoms with Gasteiger partial charge in [-0.2, -0.15) is 0 Å². The lowest BCUT2D eigenvalue weighted by Gasteiger charge is -2.22. The predicted molar refractivity (Wildman–Crippen MR) is 49.3 cm³/mol. The molecule has 1 aliphatic heterocycles. The van der Waals surface area contributed by atoms with E-state index in [4.69, 9.17) is 0 Å². The van der Waals surface area contributed by atoms with Crippen LogP contribution in [0.25, 0.3) is 0 Å². The molecule has 3 heteroatoms. The van der Waals surface area contributed by atoms with Gasteiger partial charge in [-0.3, -0.25) is 9.28 Å². The summed E-state index contributed by atoms with van der Waals surface area (Å²) >= 11 is 0. The molecular weight excluding hydrogens is 230 g/mol. The number of hydrogen-bond acceptors (Lipinski definition) is 1. The summed E-state index contributed by atoms with van der Waals surface area (Å²) in [7, 11) is 4.12. The number of rotatable bonds is 0. The largest absolute Gasteiger partial charge is 1.00 e. The highest BCUT2D eigenvalue weighted by atomic mass is 79.9. The third-order valence-corrected chi connectivity index (χ3v) is 2.40. The molecule has 70 valence electrons. The number of hydrogen-bond donors (Lipinski definition) is 0. The number of carbonyl (C=O) groups is 1. The van der Waals surface area contributed by atoms with Gasteiger partial charge in [-0.25, -0.2) is 0 Å². The lowest BCUT2D eigenvalue weighted by atomic mass is 10.1. The van der Waals surface area contributed by atoms with Crippen LogP contribution in [0.5, 0.6) is 0 Å². The van der Waals surface area contributed by atoms with Gasteiger partial charge in [0.2, 0.25) is 5.78 Å². The molecule has 0 radical (unpaired) electrons. The first-order chi connectivity index (χ1) is 5.61. The summed E-state index contributed by atoms with van der Waals surface area (Å²) < 4.78 is 0.689. The Bertz CT molecular complexity index is 347. The van der Waals surface area contributed by atoms with Crippen molar-refractivity contribution in [2.24, 2.45) is 0 Å². The van der Waals surface area contributed by atoms with Crippen LogP contribution < -0.4 is 21.5 Å². The molecule has 0 atom stereocenters. The molecule has 2 nitrogen and oxygen atoms in total. The minimum atomic E-state index is 0. The Morgan fingerprint density at radius 2 is 1.85 bits per heavy atom. The standard InChI is InChI=1S/C10H12NO.BrH/c1-11(2)7-10(12)8-5-3-4-6-9(8)11;/h3-6H,7H2,1-2H3;1H/q+1;/p-1. The first-order valence-corrected chi connectivity index (χ1v) is 4.07. The van der Waals surface area contributed by atoms with E-state index in [1.165, 1.54) is 0 Å². The molecule has 2 rings (SSSR count). The van der Waals surface area contributed by atoms with Gasteiger partial charge in [0.05, 0.1) is 19.7 Å². The second kappa shape index (κ2) is 3.24. The summed E-state index contributed by atoms with van der Waals surface area (Å²) in [5, 5.41) is 0. The fourth-order valence-corrected chi connectivity index (χ4v) is 1.77. The van der Waals surface area contributed by atoms with Gasteiger partial charge in [0.25, 0.3) is 0 Å². The number of likely N-dealkylation sites (N-methyl/N-ethyl adjacent to an activating group) is 1. The number of nitrogens with zero attached hydrogens (tertiary/aromatic N) is 1. The van der Waals surface area contributed by atoms with Crippen molar-refractivity contribution in [3.05, 3.63) is 29.8 Å². The van der Waals surface area contributed by atoms with Gasteiger partial charge in [-0.15, -0.1) is 0 Å². The molecule has 1 aromatic rings. The Hall–Kier alpha value is -0.670. The van der Waals surface area contributed by atoms with Gasteiger partial charge in [0.15, 0.2) is 0 Å². The van der Waals surface area contributed by atoms with Gasteiger partial charge in [-0.1, -0.05) is 12.1 Å². The van der Waals surface area contributed by atoms with E-state index >= 15 is 0 Å². The van der Waals surface area contributed by atoms with Crippen LogP contribution in [0, 0.1) is 0 Å². The summed E-state index contributed by atoms with van der Waals surface area (Å²) in [5.41, 5.74) is 2.03. The molecule has 0 saturated carbocycles. The van der Waals surface area contributed by atoms with Crippen LogP contribution >= 0.6 is 0 Å². The molecule has 0 amide bonds. The Morgan fingerprint density at radius 3 is 2.46 bits per heavy atom. The number of benzene rings is 1. The first kappa shape index (κ1) is 10.4. The first-order valence-electron chi connectivity index (χ1n) is 4.07. The summed E-state index contributed by atoms with van der Waals surface area (Å²) in [6.07, 6.45) is 0. The van der Waals surface area contributed by atoms with Crippen LogP contribution in [0.3, 0.4) is 0 Å². The van der Waals surface area contributed by atoms with E-state index in [1.807, 2.05) is 24.3 Å². The summed E-state index contributed by atoms with van der Waals surface area (Å²) in [4.78, 5) is 11.5. The van der Waals surface area contributed by atoms with Gasteiger partial charge in [-0.05, 0) is 12.1 Å². The number of quaternary nitrogens is 1. The number of carbonyl (C=O) groups excluding carboxylic acids is 1. The average Bonchev–Trinajstić information content (AvgIpc) is 2.25. The Balaban J connectivity index is 0.000000845. The maximum atomic E-state index is 11.5. The topological polar surface area (TPSA) is 17.1 Å². The van der Waals surface area contributed by atoms with Gasteiger partial charge in [0.1, 0.15) is 12.2 Å². The molecule has 0 spiro atoms. The van der Waals surface area contributed by atoms with Crippen molar-refractivity contribution in [3.63, 3.8) is 0 Å². The van der Waals surface area contributed by atoms with Crippen molar-refractivity contribution < 1.29 is 21.8 Å². The SMILES string of the molecule is C[N+]1(C)CC(=O)c2ccccc21.[Br-]. The van der Waals surface area contributed by atoms with E-state index in [9.17, 15) is 4.79 Å². The Labute approximate surface area is 88.5 Å². The second-order valence-electron chi connectivity index (χ2n) is 3.78. The third kappa shape index (κ3) is 1.54. The van der Waals surface area contributed by atoms with E-state index in [0.29, 0.717) is 11.0 Å². The molecule has 1 aliphatic rings. The van der Waals surface area contributed by atoms with Crippen molar-refractivity contribution in [2.75, 3.05) is 20.6 Å². The third-order valence-electron chi connectivity index (χ3n) is 2.40. The van der Waals surface area contributed by atoms with Crippen LogP contribution in [0.2, 0.25) is 0 Å². The number of ketones is 1. The molecule has 0 bridgehead atoms. The van der Waals surface area contributed by atoms with Crippen LogP contribution in [-0.2, 0) is 0 Å². The fourth-order valence-electron chi connectivity index (χ4n) is 1.77. The molecular formula is C10H12BrNO. The molecule has 0 unspecified atom stereocenters. The molecule has 0 aromatic heterocycles. The zero-order valence-electron chi connectivity index (χ0n) is 7.75. The molecule has 0 fully saturated rings. The van der Waals surface area contributed by atoms with Crippen molar-refractivity contribution >= 4 is 11.5 Å². The lowest BCUT2D eigenvalue weighted by molar-refractivity contribution is -0.0000110. The highest BCUT2D eigenvalue weighted by molar-refractivity contribution is 6.06. The van der Waals surface area contributed by atoms with Crippen molar-refractivity contribution in [1.82, 2.24) is 4.48 Å². The molecule has 0 N–H and O–H groups in total. The van der Waals surface area contributed by atoms with Crippen molar-refractivity contribution in [2.45, 2.75) is 0 Å². The maximum Gasteiger partial charge on any atom is 0.223 e. The number of para-hydroxylation sites is 1. The highest BCUT2D eigenvalue weighted by Gasteiger charge is 2.35. The molecule has 1 heterocycles. The quantitative estimate of drug-likeness (QED) is 0.504. The monoisotopic (exact) mass is 241 g/mol. The van der Waals surface area contributed by atoms with Gasteiger partial charge in [0, 0.05) is 0 Å². The smallest absolute Gasteiger partial charge is 0.223 e. The average molecular weight is 242 g/mol. The summed E-state index contributed by atoms with van der Waals surface area (Å²) in [6.45, 7) is 0.597. The number of fused-ring (bicyclic) bond motifs is 1. The van der Waals surface area contributed by atoms with Crippen molar-refractivity contribution in [1.29, 1.82) is 0 Å². The molecule has 1 aromatic carbocycles. The fraction of sp³-hybridized carbons (Fsp3) is 0.300. The van der Waals surface area contributed by atoms with Crippen LogP contribution in [0.1, 0.15) is 10.4 Å². The Kier molecular flexibility index (Phi) is 2.59. The number of halogens is 1. The van der Waals surface area contributed by atoms with Gasteiger partial charge < -0.3 is 17.0 Å². The van der Waals surface area contributed by atoms with Crippen LogP contribution in [0.4, 0.5) is 5.69 Å². The molecule has 13 heavy (non-hydrogen) atoms. The van der Waals surface area contributed by atoms with Crippen molar-refractivity contribution in [3.8, 4) is 0 Å². The van der Waals surface area contributed by atoms with E-state index in [-0.39, 0.29) is 22.8 Å². The van der Waals surface area contributed by atoms with E-state index in [0.717, 1.165) is 11.3 Å². The lowest BCUT2D eigenvalue weighted by Crippen LogP contribution is -3.00.